The maximum Gasteiger partial charge on any atom is 0.434 e. The number of nitrogens with one attached hydrogen (secondary N) is 2. The number of thiophene rings is 4. The minimum atomic E-state index is -4.56. The van der Waals surface area contributed by atoms with Crippen LogP contribution in [0, 0.1) is 0 Å². The van der Waals surface area contributed by atoms with Crippen molar-refractivity contribution in [1.29, 1.82) is 0 Å². The Morgan fingerprint density at radius 2 is 0.899 bits per heavy atom. The Balaban J connectivity index is 0.000000149. The number of hydrogen-bond donors (Lipinski definition) is 2. The van der Waals surface area contributed by atoms with E-state index in [1.807, 2.05) is 74.6 Å². The van der Waals surface area contributed by atoms with Crippen molar-refractivity contribution in [3.8, 4) is 21.1 Å². The first-order valence-corrected chi connectivity index (χ1v) is 50.7. The second-order valence-electron chi connectivity index (χ2n) is 34.0. The summed E-state index contributed by atoms with van der Waals surface area (Å²) in [7, 11) is 5.36. The highest BCUT2D eigenvalue weighted by molar-refractivity contribution is 9.11. The van der Waals surface area contributed by atoms with E-state index in [0.717, 1.165) is 116 Å². The van der Waals surface area contributed by atoms with Gasteiger partial charge in [-0.3, -0.25) is 33.2 Å². The first-order valence-electron chi connectivity index (χ1n) is 41.0. The van der Waals surface area contributed by atoms with E-state index in [1.54, 1.807) is 171 Å². The van der Waals surface area contributed by atoms with Crippen molar-refractivity contribution in [3.63, 3.8) is 0 Å². The highest BCUT2D eigenvalue weighted by atomic mass is 79.9. The lowest BCUT2D eigenvalue weighted by Gasteiger charge is -2.36. The molecule has 2 N–H and O–H groups in total. The van der Waals surface area contributed by atoms with Crippen LogP contribution in [-0.2, 0) is 79.2 Å². The minimum Gasteiger partial charge on any atom is -0.443 e. The average Bonchev–Trinajstić information content (AvgIpc) is 1.56. The van der Waals surface area contributed by atoms with Gasteiger partial charge in [0.1, 0.15) is 48.2 Å². The molecule has 0 bridgehead atoms. The van der Waals surface area contributed by atoms with Crippen molar-refractivity contribution in [2.75, 3.05) is 10.2 Å². The summed E-state index contributed by atoms with van der Waals surface area (Å²) in [5, 5.41) is 24.0. The van der Waals surface area contributed by atoms with Crippen molar-refractivity contribution in [1.82, 2.24) is 99.2 Å². The molecule has 18 heterocycles. The lowest BCUT2D eigenvalue weighted by Crippen LogP contribution is -2.40. The summed E-state index contributed by atoms with van der Waals surface area (Å²) < 4.78 is 165. The van der Waals surface area contributed by atoms with Gasteiger partial charge in [-0.1, -0.05) is 27.5 Å². The minimum absolute atomic E-state index is 0.0388. The normalized spacial score (nSPS) is 15.9. The predicted molar refractivity (Wildman–Crippen MR) is 515 cm³/mol. The van der Waals surface area contributed by atoms with E-state index in [0.29, 0.717) is 67.1 Å². The Morgan fingerprint density at radius 1 is 0.493 bits per heavy atom. The van der Waals surface area contributed by atoms with Crippen molar-refractivity contribution in [3.05, 3.63) is 228 Å². The van der Waals surface area contributed by atoms with Gasteiger partial charge in [-0.25, -0.2) is 54.6 Å². The summed E-state index contributed by atoms with van der Waals surface area (Å²) in [6, 6.07) is 15.8. The molecule has 14 aromatic heterocycles. The van der Waals surface area contributed by atoms with Crippen LogP contribution in [0.2, 0.25) is 5.15 Å². The molecule has 0 radical (unpaired) electrons. The van der Waals surface area contributed by atoms with Crippen molar-refractivity contribution in [2.24, 2.45) is 21.1 Å². The Hall–Kier alpha value is -9.97. The van der Waals surface area contributed by atoms with Crippen LogP contribution in [0.3, 0.4) is 0 Å². The van der Waals surface area contributed by atoms with Crippen LogP contribution in [0.4, 0.5) is 81.0 Å². The average molecular weight is 2280 g/mol. The Morgan fingerprint density at radius 3 is 1.29 bits per heavy atom. The maximum absolute atomic E-state index is 13.6. The molecule has 52 heteroatoms. The maximum atomic E-state index is 13.6. The van der Waals surface area contributed by atoms with Gasteiger partial charge in [0.05, 0.1) is 108 Å². The molecule has 0 fully saturated rings. The van der Waals surface area contributed by atoms with Crippen LogP contribution in [0.5, 0.6) is 0 Å². The van der Waals surface area contributed by atoms with Gasteiger partial charge in [-0.15, -0.1) is 90.7 Å². The number of aryl methyl sites for hydroxylation is 3. The summed E-state index contributed by atoms with van der Waals surface area (Å²) in [5.74, 6) is 1.59. The topological polar surface area (TPSA) is 314 Å². The third-order valence-corrected chi connectivity index (χ3v) is 33.2. The van der Waals surface area contributed by atoms with E-state index < -0.39 is 93.9 Å². The molecular formula is C86H82Br3ClF12N22O6S8. The molecule has 28 nitrogen and oxygen atoms in total. The van der Waals surface area contributed by atoms with Crippen LogP contribution < -0.4 is 15.5 Å². The Kier molecular flexibility index (Phi) is 30.7. The number of rotatable bonds is 15. The second kappa shape index (κ2) is 40.2. The van der Waals surface area contributed by atoms with Gasteiger partial charge in [0.25, 0.3) is 23.6 Å². The number of carbonyl (C=O) groups is 5. The van der Waals surface area contributed by atoms with E-state index in [9.17, 15) is 76.7 Å². The molecule has 0 aliphatic carbocycles. The zero-order valence-corrected chi connectivity index (χ0v) is 87.8. The molecule has 0 aromatic carbocycles. The molecule has 14 aromatic rings. The molecule has 5 amide bonds. The fourth-order valence-corrected chi connectivity index (χ4v) is 24.7. The number of fused-ring (bicyclic) bond motifs is 4. The highest BCUT2D eigenvalue weighted by Gasteiger charge is 2.53. The Labute approximate surface area is 843 Å². The summed E-state index contributed by atoms with van der Waals surface area (Å²) in [6.07, 6.45) is -8.16. The zero-order valence-electron chi connectivity index (χ0n) is 75.8. The fraction of sp³-hybridized carbons (Fsp3) is 0.372. The van der Waals surface area contributed by atoms with Crippen molar-refractivity contribution >= 4 is 203 Å². The van der Waals surface area contributed by atoms with Crippen LogP contribution >= 0.6 is 150 Å². The summed E-state index contributed by atoms with van der Waals surface area (Å²) in [5.41, 5.74) is -2.17. The molecule has 0 saturated carbocycles. The number of hydrogen-bond acceptors (Lipinski definition) is 28. The lowest BCUT2D eigenvalue weighted by molar-refractivity contribution is -0.141. The van der Waals surface area contributed by atoms with Gasteiger partial charge in [-0.05, 0) is 184 Å². The van der Waals surface area contributed by atoms with Crippen molar-refractivity contribution < 1.29 is 81.4 Å². The number of thiazole rings is 4. The number of ether oxygens (including phenoxy) is 1. The first-order chi connectivity index (χ1) is 64.1. The van der Waals surface area contributed by atoms with Crippen LogP contribution in [0.1, 0.15) is 242 Å². The summed E-state index contributed by atoms with van der Waals surface area (Å²) in [4.78, 5) is 116. The standard InChI is InChI=1S/C27H28F3N7O3S2.C22H20F3N7OS2.C14H12BrF3N2OS2.C9H9ClN4.C8H8BrNOS.C6H5BrF3NS/c1-14(21-34-18(13-41-21)27(28,29)30)37-22(38)15-12-17(42-20(15)26(37,5)6)16-8-10-31-23(33-16)36(19-9-11-32-35(19)7)24(39)40-25(2,3)4;1-11(18-29-15(10-34-18)22(23,24)25)32-19(33)12-9-14(35-17(12)21(32,2)3)13-5-7-26-20(28-13)30-16-6-8-27-31(16)4;1-6(11-19-8(5-22-11)14(16,17)18)20-12(21)7-4-9(15)23-10(7)13(20,2)3;1-14-7(2-5-12-14)6-9-11-4-3-8(10)13-9;1-8(2)6-4(7(11)10-8)3-5(9)12-6;1-3(7)5-11-4(2-12-5)6(8,9)10/h8-14H,1-7H3;5-11H,1-4H3,(H,26,28,30);4-6H,1-3H3;2-5H,6H2,1H3;3H,1-2H3,(H,10,11);2-3H,1H3. The second-order valence-corrected chi connectivity index (χ2v) is 46.3. The van der Waals surface area contributed by atoms with E-state index >= 15 is 0 Å². The quantitative estimate of drug-likeness (QED) is 0.0547. The highest BCUT2D eigenvalue weighted by Crippen LogP contribution is 2.54. The van der Waals surface area contributed by atoms with Gasteiger partial charge in [0.15, 0.2) is 22.8 Å². The molecule has 0 saturated heterocycles. The summed E-state index contributed by atoms with van der Waals surface area (Å²) in [6.45, 7) is 27.4. The number of aromatic nitrogens is 16. The van der Waals surface area contributed by atoms with E-state index in [2.05, 4.69) is 124 Å². The van der Waals surface area contributed by atoms with Crippen LogP contribution in [0.15, 0.2) is 127 Å². The number of halogens is 16. The molecule has 4 aliphatic rings. The van der Waals surface area contributed by atoms with E-state index in [-0.39, 0.29) is 55.0 Å². The molecule has 138 heavy (non-hydrogen) atoms. The number of alkyl halides is 13. The van der Waals surface area contributed by atoms with Gasteiger partial charge in [0.2, 0.25) is 11.9 Å². The lowest BCUT2D eigenvalue weighted by atomic mass is 10.0. The van der Waals surface area contributed by atoms with E-state index in [1.165, 1.54) is 56.0 Å². The largest absolute Gasteiger partial charge is 0.443 e. The number of amides is 5. The van der Waals surface area contributed by atoms with Gasteiger partial charge < -0.3 is 30.1 Å². The number of carbonyl (C=O) groups excluding carboxylic acids is 5. The van der Waals surface area contributed by atoms with Crippen LogP contribution in [0.25, 0.3) is 21.1 Å². The smallest absolute Gasteiger partial charge is 0.434 e. The zero-order chi connectivity index (χ0) is 101. The summed E-state index contributed by atoms with van der Waals surface area (Å²) >= 11 is 25.2. The third kappa shape index (κ3) is 22.8. The number of anilines is 4. The van der Waals surface area contributed by atoms with Crippen LogP contribution in [-0.4, -0.2) is 129 Å². The molecule has 732 valence electrons. The monoisotopic (exact) mass is 2270 g/mol. The first kappa shape index (κ1) is 105. The predicted octanol–water partition coefficient (Wildman–Crippen LogP) is 25.5. The van der Waals surface area contributed by atoms with Crippen molar-refractivity contribution in [2.45, 2.75) is 186 Å². The van der Waals surface area contributed by atoms with E-state index in [4.69, 9.17) is 16.3 Å². The fourth-order valence-electron chi connectivity index (χ4n) is 15.0. The molecule has 4 aliphatic heterocycles. The molecule has 4 atom stereocenters. The number of nitrogens with zero attached hydrogens (tertiary/aromatic N) is 20. The molecular weight excluding hydrogens is 2200 g/mol. The Bertz CT molecular complexity index is 6860. The van der Waals surface area contributed by atoms with Gasteiger partial charge in [0, 0.05) is 111 Å². The molecule has 4 unspecified atom stereocenters. The molecule has 18 rings (SSSR count). The van der Waals surface area contributed by atoms with Gasteiger partial charge >= 0.3 is 30.8 Å². The SMILES string of the molecule is CC(Br)c1nc(C(F)(F)F)cs1.CC(c1nc(C(F)(F)F)cs1)N1C(=O)c2cc(-c3ccnc(N(C(=O)OC(C)(C)C)c4ccnn4C)n3)sc2C1(C)C.CC(c1nc(C(F)(F)F)cs1)N1C(=O)c2cc(-c3ccnc(Nc4ccnn4C)n3)sc2C1(C)C.CC(c1nc(C(F)(F)F)cs1)N1C(=O)c2cc(Br)sc2C1(C)C.CC1(C)NC(=O)c2cc(Br)sc21.Cn1nccc1Cc1nccc(Cl)n1. The van der Waals surface area contributed by atoms with Gasteiger partial charge in [-0.2, -0.15) is 72.9 Å². The third-order valence-electron chi connectivity index (χ3n) is 21.3. The molecule has 0 spiro atoms.